The number of piperidine rings is 1. The van der Waals surface area contributed by atoms with Gasteiger partial charge in [-0.25, -0.2) is 0 Å². The van der Waals surface area contributed by atoms with Crippen LogP contribution in [0, 0.1) is 0 Å². The van der Waals surface area contributed by atoms with Gasteiger partial charge in [-0.05, 0) is 73.0 Å². The molecule has 25 heavy (non-hydrogen) atoms. The van der Waals surface area contributed by atoms with Gasteiger partial charge in [0.25, 0.3) is 5.91 Å². The minimum atomic E-state index is 0.181. The van der Waals surface area contributed by atoms with Crippen LogP contribution in [-0.2, 0) is 0 Å². The lowest BCUT2D eigenvalue weighted by Crippen LogP contribution is -2.38. The second-order valence-corrected chi connectivity index (χ2v) is 7.16. The SMILES string of the molecule is O=C(c1cccc([C@@H]2CCNC2)c1)N1CCC(c2ccncc2)CC1. The minimum absolute atomic E-state index is 0.181. The highest BCUT2D eigenvalue weighted by molar-refractivity contribution is 5.94. The Balaban J connectivity index is 1.41. The molecule has 1 atom stereocenters. The number of nitrogens with zero attached hydrogens (tertiary/aromatic N) is 2. The molecule has 3 heterocycles. The van der Waals surface area contributed by atoms with Gasteiger partial charge in [-0.3, -0.25) is 9.78 Å². The van der Waals surface area contributed by atoms with Gasteiger partial charge >= 0.3 is 0 Å². The summed E-state index contributed by atoms with van der Waals surface area (Å²) in [5.74, 6) is 1.27. The molecule has 0 unspecified atom stereocenters. The molecule has 0 saturated carbocycles. The first kappa shape index (κ1) is 16.3. The van der Waals surface area contributed by atoms with Crippen LogP contribution in [0.25, 0.3) is 0 Å². The summed E-state index contributed by atoms with van der Waals surface area (Å²) >= 11 is 0. The third-order valence-electron chi connectivity index (χ3n) is 5.62. The summed E-state index contributed by atoms with van der Waals surface area (Å²) in [6.07, 6.45) is 6.94. The number of aromatic nitrogens is 1. The number of hydrogen-bond donors (Lipinski definition) is 1. The summed E-state index contributed by atoms with van der Waals surface area (Å²) < 4.78 is 0. The number of carbonyl (C=O) groups excluding carboxylic acids is 1. The number of likely N-dealkylation sites (tertiary alicyclic amines) is 1. The first-order valence-corrected chi connectivity index (χ1v) is 9.31. The van der Waals surface area contributed by atoms with Crippen molar-refractivity contribution in [3.63, 3.8) is 0 Å². The van der Waals surface area contributed by atoms with Gasteiger partial charge < -0.3 is 10.2 Å². The van der Waals surface area contributed by atoms with E-state index in [1.54, 1.807) is 0 Å². The topological polar surface area (TPSA) is 45.2 Å². The molecule has 130 valence electrons. The lowest BCUT2D eigenvalue weighted by atomic mass is 9.89. The van der Waals surface area contributed by atoms with Crippen molar-refractivity contribution in [3.8, 4) is 0 Å². The molecule has 2 saturated heterocycles. The largest absolute Gasteiger partial charge is 0.339 e. The maximum Gasteiger partial charge on any atom is 0.253 e. The molecular formula is C21H25N3O. The lowest BCUT2D eigenvalue weighted by Gasteiger charge is -2.32. The van der Waals surface area contributed by atoms with Crippen molar-refractivity contribution in [2.75, 3.05) is 26.2 Å². The number of pyridine rings is 1. The first-order valence-electron chi connectivity index (χ1n) is 9.31. The molecule has 0 aliphatic carbocycles. The van der Waals surface area contributed by atoms with Crippen molar-refractivity contribution >= 4 is 5.91 Å². The first-order chi connectivity index (χ1) is 12.3. The van der Waals surface area contributed by atoms with Gasteiger partial charge in [0.2, 0.25) is 0 Å². The monoisotopic (exact) mass is 335 g/mol. The molecule has 0 bridgehead atoms. The zero-order valence-corrected chi connectivity index (χ0v) is 14.5. The quantitative estimate of drug-likeness (QED) is 0.937. The van der Waals surface area contributed by atoms with E-state index in [2.05, 4.69) is 34.6 Å². The molecular weight excluding hydrogens is 310 g/mol. The normalized spacial score (nSPS) is 21.4. The maximum atomic E-state index is 12.9. The fraction of sp³-hybridized carbons (Fsp3) is 0.429. The summed E-state index contributed by atoms with van der Waals surface area (Å²) in [5.41, 5.74) is 3.48. The molecule has 2 aliphatic heterocycles. The van der Waals surface area contributed by atoms with E-state index in [0.717, 1.165) is 51.0 Å². The van der Waals surface area contributed by atoms with Gasteiger partial charge in [0, 0.05) is 37.6 Å². The van der Waals surface area contributed by atoms with E-state index in [4.69, 9.17) is 0 Å². The summed E-state index contributed by atoms with van der Waals surface area (Å²) in [6, 6.07) is 12.5. The van der Waals surface area contributed by atoms with Crippen molar-refractivity contribution in [3.05, 3.63) is 65.5 Å². The highest BCUT2D eigenvalue weighted by Crippen LogP contribution is 2.29. The highest BCUT2D eigenvalue weighted by atomic mass is 16.2. The van der Waals surface area contributed by atoms with Crippen molar-refractivity contribution in [1.82, 2.24) is 15.2 Å². The second kappa shape index (κ2) is 7.36. The molecule has 4 rings (SSSR count). The zero-order valence-electron chi connectivity index (χ0n) is 14.5. The van der Waals surface area contributed by atoms with Crippen molar-refractivity contribution in [2.24, 2.45) is 0 Å². The molecule has 1 N–H and O–H groups in total. The lowest BCUT2D eigenvalue weighted by molar-refractivity contribution is 0.0713. The molecule has 4 nitrogen and oxygen atoms in total. The Kier molecular flexibility index (Phi) is 4.79. The molecule has 0 radical (unpaired) electrons. The van der Waals surface area contributed by atoms with E-state index >= 15 is 0 Å². The van der Waals surface area contributed by atoms with Gasteiger partial charge in [-0.15, -0.1) is 0 Å². The molecule has 1 amide bonds. The van der Waals surface area contributed by atoms with Crippen LogP contribution in [0.4, 0.5) is 0 Å². The molecule has 2 fully saturated rings. The fourth-order valence-corrected chi connectivity index (χ4v) is 4.10. The van der Waals surface area contributed by atoms with Crippen LogP contribution in [0.2, 0.25) is 0 Å². The fourth-order valence-electron chi connectivity index (χ4n) is 4.10. The second-order valence-electron chi connectivity index (χ2n) is 7.16. The van der Waals surface area contributed by atoms with Gasteiger partial charge in [0.05, 0.1) is 0 Å². The number of nitrogens with one attached hydrogen (secondary N) is 1. The maximum absolute atomic E-state index is 12.9. The molecule has 4 heteroatoms. The molecule has 0 spiro atoms. The Morgan fingerprint density at radius 1 is 1.00 bits per heavy atom. The molecule has 1 aromatic heterocycles. The number of rotatable bonds is 3. The summed E-state index contributed by atoms with van der Waals surface area (Å²) in [6.45, 7) is 3.77. The van der Waals surface area contributed by atoms with Crippen LogP contribution in [0.15, 0.2) is 48.8 Å². The Morgan fingerprint density at radius 2 is 1.80 bits per heavy atom. The number of hydrogen-bond acceptors (Lipinski definition) is 3. The van der Waals surface area contributed by atoms with Crippen molar-refractivity contribution in [2.45, 2.75) is 31.1 Å². The summed E-state index contributed by atoms with van der Waals surface area (Å²) in [4.78, 5) is 19.0. The third-order valence-corrected chi connectivity index (χ3v) is 5.62. The average molecular weight is 335 g/mol. The van der Waals surface area contributed by atoms with Crippen molar-refractivity contribution < 1.29 is 4.79 Å². The van der Waals surface area contributed by atoms with E-state index in [-0.39, 0.29) is 5.91 Å². The van der Waals surface area contributed by atoms with Gasteiger partial charge in [0.1, 0.15) is 0 Å². The highest BCUT2D eigenvalue weighted by Gasteiger charge is 2.25. The number of benzene rings is 1. The van der Waals surface area contributed by atoms with Crippen LogP contribution < -0.4 is 5.32 Å². The zero-order chi connectivity index (χ0) is 17.1. The molecule has 2 aromatic rings. The van der Waals surface area contributed by atoms with Gasteiger partial charge in [0.15, 0.2) is 0 Å². The van der Waals surface area contributed by atoms with Gasteiger partial charge in [-0.1, -0.05) is 12.1 Å². The molecule has 2 aliphatic rings. The van der Waals surface area contributed by atoms with E-state index in [1.807, 2.05) is 29.4 Å². The Morgan fingerprint density at radius 3 is 2.52 bits per heavy atom. The smallest absolute Gasteiger partial charge is 0.253 e. The van der Waals surface area contributed by atoms with E-state index < -0.39 is 0 Å². The van der Waals surface area contributed by atoms with E-state index in [9.17, 15) is 4.79 Å². The standard InChI is InChI=1S/C21H25N3O/c25-21(19-3-1-2-18(14-19)20-6-11-23-15-20)24-12-7-17(8-13-24)16-4-9-22-10-5-16/h1-5,9-10,14,17,20,23H,6-8,11-13,15H2/t20-/m1/s1. The molecule has 1 aromatic carbocycles. The predicted molar refractivity (Wildman–Crippen MR) is 98.8 cm³/mol. The van der Waals surface area contributed by atoms with Crippen molar-refractivity contribution in [1.29, 1.82) is 0 Å². The number of carbonyl (C=O) groups is 1. The summed E-state index contributed by atoms with van der Waals surface area (Å²) in [7, 11) is 0. The van der Waals surface area contributed by atoms with Crippen LogP contribution in [0.3, 0.4) is 0 Å². The predicted octanol–water partition coefficient (Wildman–Crippen LogP) is 3.18. The van der Waals surface area contributed by atoms with E-state index in [1.165, 1.54) is 11.1 Å². The average Bonchev–Trinajstić information content (AvgIpc) is 3.23. The van der Waals surface area contributed by atoms with Crippen LogP contribution in [0.5, 0.6) is 0 Å². The van der Waals surface area contributed by atoms with Crippen LogP contribution in [0.1, 0.15) is 52.6 Å². The Hall–Kier alpha value is -2.20. The Labute approximate surface area is 149 Å². The van der Waals surface area contributed by atoms with Gasteiger partial charge in [-0.2, -0.15) is 0 Å². The third kappa shape index (κ3) is 3.59. The minimum Gasteiger partial charge on any atom is -0.339 e. The summed E-state index contributed by atoms with van der Waals surface area (Å²) in [5, 5.41) is 3.40. The van der Waals surface area contributed by atoms with Crippen LogP contribution >= 0.6 is 0 Å². The van der Waals surface area contributed by atoms with Crippen LogP contribution in [-0.4, -0.2) is 42.0 Å². The Bertz CT molecular complexity index is 717. The number of amides is 1. The van der Waals surface area contributed by atoms with E-state index in [0.29, 0.717) is 11.8 Å².